The predicted molar refractivity (Wildman–Crippen MR) is 69.9 cm³/mol. The van der Waals surface area contributed by atoms with Crippen LogP contribution in [0.4, 0.5) is 0 Å². The summed E-state index contributed by atoms with van der Waals surface area (Å²) in [6.07, 6.45) is 1.14. The Morgan fingerprint density at radius 2 is 2.27 bits per heavy atom. The number of hydrogen-bond donors (Lipinski definition) is 1. The van der Waals surface area contributed by atoms with Crippen molar-refractivity contribution in [3.8, 4) is 0 Å². The summed E-state index contributed by atoms with van der Waals surface area (Å²) in [5.74, 6) is 0. The van der Waals surface area contributed by atoms with Crippen LogP contribution < -0.4 is 5.32 Å². The van der Waals surface area contributed by atoms with E-state index in [2.05, 4.69) is 36.3 Å². The molecule has 2 nitrogen and oxygen atoms in total. The fourth-order valence-corrected chi connectivity index (χ4v) is 3.18. The van der Waals surface area contributed by atoms with Crippen LogP contribution in [-0.2, 0) is 13.0 Å². The van der Waals surface area contributed by atoms with Gasteiger partial charge in [0.1, 0.15) is 0 Å². The number of rotatable bonds is 3. The summed E-state index contributed by atoms with van der Waals surface area (Å²) in [4.78, 5) is 7.29. The number of nitrogens with zero attached hydrogens (tertiary/aromatic N) is 1. The van der Waals surface area contributed by atoms with E-state index in [4.69, 9.17) is 0 Å². The van der Waals surface area contributed by atoms with E-state index >= 15 is 0 Å². The lowest BCUT2D eigenvalue weighted by molar-refractivity contribution is 0.928. The molecule has 0 amide bonds. The van der Waals surface area contributed by atoms with Gasteiger partial charge in [0.2, 0.25) is 0 Å². The minimum absolute atomic E-state index is 0.641. The first-order chi connectivity index (χ1) is 7.28. The summed E-state index contributed by atoms with van der Waals surface area (Å²) >= 11 is 3.73. The summed E-state index contributed by atoms with van der Waals surface area (Å²) in [5, 5.41) is 5.14. The standard InChI is InChI=1S/C11H16N2S2/c1-3-9-4-5-10(15-9)7-13-11-12-6-8(2)14-11/h4-5,8H,3,6-7H2,1-2H3,(H,12,13). The first-order valence-corrected chi connectivity index (χ1v) is 7.00. The van der Waals surface area contributed by atoms with Gasteiger partial charge in [-0.2, -0.15) is 0 Å². The van der Waals surface area contributed by atoms with Crippen LogP contribution in [-0.4, -0.2) is 17.0 Å². The van der Waals surface area contributed by atoms with Crippen molar-refractivity contribution in [2.75, 3.05) is 6.54 Å². The number of thioether (sulfide) groups is 1. The van der Waals surface area contributed by atoms with Crippen LogP contribution in [0.1, 0.15) is 23.6 Å². The Kier molecular flexibility index (Phi) is 3.70. The maximum absolute atomic E-state index is 4.43. The Balaban J connectivity index is 1.83. The molecular weight excluding hydrogens is 224 g/mol. The molecule has 1 N–H and O–H groups in total. The first kappa shape index (κ1) is 11.0. The minimum atomic E-state index is 0.641. The van der Waals surface area contributed by atoms with Gasteiger partial charge in [-0.05, 0) is 18.6 Å². The number of aryl methyl sites for hydroxylation is 1. The molecule has 0 fully saturated rings. The third-order valence-electron chi connectivity index (χ3n) is 2.28. The SMILES string of the molecule is CCc1ccc(CNC2=NCC(C)S2)s1. The average molecular weight is 240 g/mol. The number of hydrogen-bond acceptors (Lipinski definition) is 4. The zero-order valence-corrected chi connectivity index (χ0v) is 10.8. The number of nitrogens with one attached hydrogen (secondary N) is 1. The average Bonchev–Trinajstić information content (AvgIpc) is 2.83. The van der Waals surface area contributed by atoms with Gasteiger partial charge in [-0.15, -0.1) is 11.3 Å². The monoisotopic (exact) mass is 240 g/mol. The summed E-state index contributed by atoms with van der Waals surface area (Å²) in [5.41, 5.74) is 0. The van der Waals surface area contributed by atoms with Crippen LogP contribution in [0.3, 0.4) is 0 Å². The normalized spacial score (nSPS) is 20.4. The molecule has 0 aromatic carbocycles. The van der Waals surface area contributed by atoms with Crippen LogP contribution in [0, 0.1) is 0 Å². The Bertz CT molecular complexity index is 357. The third-order valence-corrected chi connectivity index (χ3v) is 4.56. The lowest BCUT2D eigenvalue weighted by Gasteiger charge is -2.03. The molecule has 1 atom stereocenters. The second-order valence-corrected chi connectivity index (χ2v) is 6.33. The molecule has 15 heavy (non-hydrogen) atoms. The zero-order valence-electron chi connectivity index (χ0n) is 9.12. The van der Waals surface area contributed by atoms with E-state index in [-0.39, 0.29) is 0 Å². The minimum Gasteiger partial charge on any atom is -0.360 e. The third kappa shape index (κ3) is 2.98. The van der Waals surface area contributed by atoms with Crippen LogP contribution in [0.2, 0.25) is 0 Å². The Labute approximate surface area is 99.2 Å². The second kappa shape index (κ2) is 5.03. The Hall–Kier alpha value is -0.480. The molecule has 2 heterocycles. The van der Waals surface area contributed by atoms with Crippen molar-refractivity contribution in [2.24, 2.45) is 4.99 Å². The fraction of sp³-hybridized carbons (Fsp3) is 0.545. The molecule has 0 bridgehead atoms. The van der Waals surface area contributed by atoms with Crippen LogP contribution in [0.25, 0.3) is 0 Å². The summed E-state index contributed by atoms with van der Waals surface area (Å²) in [6, 6.07) is 4.42. The van der Waals surface area contributed by atoms with Crippen molar-refractivity contribution < 1.29 is 0 Å². The molecule has 1 aliphatic rings. The van der Waals surface area contributed by atoms with Gasteiger partial charge in [-0.25, -0.2) is 0 Å². The molecular formula is C11H16N2S2. The maximum Gasteiger partial charge on any atom is 0.157 e. The van der Waals surface area contributed by atoms with Gasteiger partial charge in [0.05, 0.1) is 13.1 Å². The summed E-state index contributed by atoms with van der Waals surface area (Å²) < 4.78 is 0. The highest BCUT2D eigenvalue weighted by molar-refractivity contribution is 8.14. The highest BCUT2D eigenvalue weighted by atomic mass is 32.2. The highest BCUT2D eigenvalue weighted by Crippen LogP contribution is 2.20. The molecule has 4 heteroatoms. The first-order valence-electron chi connectivity index (χ1n) is 5.30. The highest BCUT2D eigenvalue weighted by Gasteiger charge is 2.14. The quantitative estimate of drug-likeness (QED) is 0.878. The summed E-state index contributed by atoms with van der Waals surface area (Å²) in [6.45, 7) is 6.28. The van der Waals surface area contributed by atoms with Crippen LogP contribution in [0.15, 0.2) is 17.1 Å². The van der Waals surface area contributed by atoms with Gasteiger partial charge in [0.25, 0.3) is 0 Å². The molecule has 0 aliphatic carbocycles. The molecule has 0 radical (unpaired) electrons. The van der Waals surface area contributed by atoms with Crippen molar-refractivity contribution in [1.82, 2.24) is 5.32 Å². The van der Waals surface area contributed by atoms with Crippen molar-refractivity contribution in [3.05, 3.63) is 21.9 Å². The zero-order chi connectivity index (χ0) is 10.7. The van der Waals surface area contributed by atoms with Crippen LogP contribution >= 0.6 is 23.1 Å². The lowest BCUT2D eigenvalue weighted by Crippen LogP contribution is -2.17. The fourth-order valence-electron chi connectivity index (χ4n) is 1.44. The molecule has 1 aliphatic heterocycles. The van der Waals surface area contributed by atoms with Gasteiger partial charge in [-0.1, -0.05) is 25.6 Å². The molecule has 2 rings (SSSR count). The maximum atomic E-state index is 4.43. The molecule has 0 saturated heterocycles. The van der Waals surface area contributed by atoms with Gasteiger partial charge < -0.3 is 5.32 Å². The number of aliphatic imine (C=N–C) groups is 1. The molecule has 0 saturated carbocycles. The smallest absolute Gasteiger partial charge is 0.157 e. The van der Waals surface area contributed by atoms with E-state index in [1.54, 1.807) is 0 Å². The van der Waals surface area contributed by atoms with E-state index in [1.807, 2.05) is 23.1 Å². The van der Waals surface area contributed by atoms with E-state index in [9.17, 15) is 0 Å². The molecule has 1 aromatic rings. The van der Waals surface area contributed by atoms with E-state index < -0.39 is 0 Å². The van der Waals surface area contributed by atoms with Crippen molar-refractivity contribution in [3.63, 3.8) is 0 Å². The molecule has 1 unspecified atom stereocenters. The Morgan fingerprint density at radius 1 is 1.47 bits per heavy atom. The molecule has 82 valence electrons. The number of amidine groups is 1. The van der Waals surface area contributed by atoms with Gasteiger partial charge in [-0.3, -0.25) is 4.99 Å². The topological polar surface area (TPSA) is 24.4 Å². The summed E-state index contributed by atoms with van der Waals surface area (Å²) in [7, 11) is 0. The lowest BCUT2D eigenvalue weighted by atomic mass is 10.4. The molecule has 1 aromatic heterocycles. The van der Waals surface area contributed by atoms with Crippen molar-refractivity contribution in [2.45, 2.75) is 32.1 Å². The Morgan fingerprint density at radius 3 is 2.87 bits per heavy atom. The van der Waals surface area contributed by atoms with E-state index in [0.717, 1.165) is 24.7 Å². The van der Waals surface area contributed by atoms with Gasteiger partial charge in [0, 0.05) is 15.0 Å². The predicted octanol–water partition coefficient (Wildman–Crippen LogP) is 2.89. The molecule has 0 spiro atoms. The largest absolute Gasteiger partial charge is 0.360 e. The van der Waals surface area contributed by atoms with Crippen molar-refractivity contribution in [1.29, 1.82) is 0 Å². The van der Waals surface area contributed by atoms with Crippen molar-refractivity contribution >= 4 is 28.3 Å². The van der Waals surface area contributed by atoms with Gasteiger partial charge >= 0.3 is 0 Å². The van der Waals surface area contributed by atoms with E-state index in [0.29, 0.717) is 5.25 Å². The van der Waals surface area contributed by atoms with Gasteiger partial charge in [0.15, 0.2) is 5.17 Å². The number of thiophene rings is 1. The second-order valence-electron chi connectivity index (χ2n) is 3.65. The van der Waals surface area contributed by atoms with E-state index in [1.165, 1.54) is 9.75 Å². The van der Waals surface area contributed by atoms with Crippen LogP contribution in [0.5, 0.6) is 0 Å².